The van der Waals surface area contributed by atoms with Gasteiger partial charge in [-0.1, -0.05) is 32.1 Å². The maximum absolute atomic E-state index is 13.6. The van der Waals surface area contributed by atoms with Crippen molar-refractivity contribution in [1.29, 1.82) is 0 Å². The lowest BCUT2D eigenvalue weighted by molar-refractivity contribution is 0.102. The smallest absolute Gasteiger partial charge is 0.255 e. The molecular weight excluding hydrogens is 566 g/mol. The average molecular weight is 606 g/mol. The first-order valence-electron chi connectivity index (χ1n) is 14.3. The highest BCUT2D eigenvalue weighted by Gasteiger charge is 2.32. The van der Waals surface area contributed by atoms with Gasteiger partial charge in [-0.2, -0.15) is 0 Å². The lowest BCUT2D eigenvalue weighted by Crippen LogP contribution is -2.18. The number of anilines is 2. The molecule has 228 valence electrons. The van der Waals surface area contributed by atoms with Gasteiger partial charge in [0.25, 0.3) is 5.91 Å². The van der Waals surface area contributed by atoms with Crippen molar-refractivity contribution in [2.24, 2.45) is 0 Å². The van der Waals surface area contributed by atoms with Gasteiger partial charge in [-0.3, -0.25) is 9.52 Å². The number of aryl methyl sites for hydroxylation is 1. The molecule has 2 aromatic heterocycles. The first-order chi connectivity index (χ1) is 20.2. The quantitative estimate of drug-likeness (QED) is 0.245. The Labute approximate surface area is 252 Å². The number of rotatable bonds is 9. The van der Waals surface area contributed by atoms with Crippen LogP contribution in [-0.4, -0.2) is 52.2 Å². The summed E-state index contributed by atoms with van der Waals surface area (Å²) in [7, 11) is -2.17. The molecule has 2 N–H and O–H groups in total. The molecule has 1 saturated carbocycles. The van der Waals surface area contributed by atoms with E-state index in [1.165, 1.54) is 12.8 Å². The summed E-state index contributed by atoms with van der Waals surface area (Å²) in [6.45, 7) is 12.2. The van der Waals surface area contributed by atoms with Crippen LogP contribution in [0.25, 0.3) is 17.1 Å². The molecular formula is C31H39N7O4S. The summed E-state index contributed by atoms with van der Waals surface area (Å²) in [4.78, 5) is 18.3. The second-order valence-electron chi connectivity index (χ2n) is 12.5. The number of ether oxygens (including phenoxy) is 1. The summed E-state index contributed by atoms with van der Waals surface area (Å²) >= 11 is 0. The molecule has 0 bridgehead atoms. The monoisotopic (exact) mass is 605 g/mol. The summed E-state index contributed by atoms with van der Waals surface area (Å²) in [6.07, 6.45) is 7.08. The van der Waals surface area contributed by atoms with Gasteiger partial charge in [0.15, 0.2) is 5.75 Å². The number of methoxy groups -OCH3 is 1. The molecule has 1 aliphatic carbocycles. The van der Waals surface area contributed by atoms with E-state index in [-0.39, 0.29) is 22.8 Å². The molecule has 1 aliphatic rings. The Bertz CT molecular complexity index is 1790. The number of nitrogens with zero attached hydrogens (tertiary/aromatic N) is 5. The number of hydrogen-bond acceptors (Lipinski definition) is 7. The highest BCUT2D eigenvalue weighted by Crippen LogP contribution is 2.45. The van der Waals surface area contributed by atoms with Crippen molar-refractivity contribution in [3.63, 3.8) is 0 Å². The Kier molecular flexibility index (Phi) is 7.84. The number of imidazole rings is 1. The fourth-order valence-electron chi connectivity index (χ4n) is 5.07. The Balaban J connectivity index is 1.48. The molecule has 2 aromatic carbocycles. The van der Waals surface area contributed by atoms with Crippen LogP contribution in [0.5, 0.6) is 5.75 Å². The minimum absolute atomic E-state index is 0.215. The zero-order valence-electron chi connectivity index (χ0n) is 25.9. The van der Waals surface area contributed by atoms with Gasteiger partial charge in [0.2, 0.25) is 10.0 Å². The fraction of sp³-hybridized carbons (Fsp3) is 0.419. The molecule has 2 heterocycles. The number of benzene rings is 2. The van der Waals surface area contributed by atoms with Crippen LogP contribution in [0.3, 0.4) is 0 Å². The third kappa shape index (κ3) is 6.43. The highest BCUT2D eigenvalue weighted by molar-refractivity contribution is 7.92. The van der Waals surface area contributed by atoms with E-state index in [0.29, 0.717) is 34.6 Å². The number of hydrogen-bond donors (Lipinski definition) is 2. The largest absolute Gasteiger partial charge is 0.492 e. The number of amides is 1. The molecule has 0 unspecified atom stereocenters. The average Bonchev–Trinajstić information content (AvgIpc) is 3.45. The first-order valence-corrected chi connectivity index (χ1v) is 16.2. The van der Waals surface area contributed by atoms with Crippen LogP contribution < -0.4 is 14.8 Å². The molecule has 0 saturated heterocycles. The topological polar surface area (TPSA) is 133 Å². The van der Waals surface area contributed by atoms with Crippen molar-refractivity contribution >= 4 is 27.3 Å². The van der Waals surface area contributed by atoms with Gasteiger partial charge in [0, 0.05) is 17.5 Å². The van der Waals surface area contributed by atoms with Crippen LogP contribution in [-0.2, 0) is 15.4 Å². The Morgan fingerprint density at radius 2 is 1.81 bits per heavy atom. The normalized spacial score (nSPS) is 13.8. The van der Waals surface area contributed by atoms with Crippen LogP contribution >= 0.6 is 0 Å². The Hall–Kier alpha value is -4.19. The Morgan fingerprint density at radius 1 is 1.12 bits per heavy atom. The van der Waals surface area contributed by atoms with Crippen molar-refractivity contribution in [2.75, 3.05) is 23.4 Å². The molecule has 0 radical (unpaired) electrons. The van der Waals surface area contributed by atoms with E-state index in [9.17, 15) is 13.2 Å². The van der Waals surface area contributed by atoms with E-state index >= 15 is 0 Å². The lowest BCUT2D eigenvalue weighted by atomic mass is 9.86. The van der Waals surface area contributed by atoms with Crippen LogP contribution in [0, 0.1) is 6.92 Å². The number of carbonyl (C=O) groups excluding carboxylic acids is 1. The predicted octanol–water partition coefficient (Wildman–Crippen LogP) is 5.83. The van der Waals surface area contributed by atoms with Gasteiger partial charge in [-0.05, 0) is 74.4 Å². The van der Waals surface area contributed by atoms with Crippen LogP contribution in [0.15, 0.2) is 42.9 Å². The molecule has 1 fully saturated rings. The van der Waals surface area contributed by atoms with Gasteiger partial charge < -0.3 is 14.6 Å². The zero-order valence-corrected chi connectivity index (χ0v) is 26.7. The Morgan fingerprint density at radius 3 is 2.42 bits per heavy atom. The van der Waals surface area contributed by atoms with Gasteiger partial charge in [0.05, 0.1) is 48.6 Å². The molecule has 11 nitrogen and oxygen atoms in total. The third-order valence-electron chi connectivity index (χ3n) is 7.51. The van der Waals surface area contributed by atoms with Crippen molar-refractivity contribution in [1.82, 2.24) is 24.5 Å². The SMILES string of the molecule is COc1c(NC(=O)c2ccc(C)c(-n3cc(-c4ncn(C(C)C)c4C4CC4)nn3)c2)cc(C(C)(C)C)cc1NS(C)(=O)=O. The molecule has 1 amide bonds. The lowest BCUT2D eigenvalue weighted by Gasteiger charge is -2.24. The summed E-state index contributed by atoms with van der Waals surface area (Å²) in [5, 5.41) is 11.8. The van der Waals surface area contributed by atoms with Crippen LogP contribution in [0.1, 0.15) is 86.6 Å². The predicted molar refractivity (Wildman–Crippen MR) is 168 cm³/mol. The minimum Gasteiger partial charge on any atom is -0.492 e. The van der Waals surface area contributed by atoms with Crippen molar-refractivity contribution in [3.8, 4) is 22.8 Å². The van der Waals surface area contributed by atoms with E-state index in [2.05, 4.69) is 43.7 Å². The highest BCUT2D eigenvalue weighted by atomic mass is 32.2. The number of aromatic nitrogens is 5. The molecule has 0 spiro atoms. The van der Waals surface area contributed by atoms with Crippen LogP contribution in [0.2, 0.25) is 0 Å². The van der Waals surface area contributed by atoms with E-state index in [0.717, 1.165) is 35.9 Å². The van der Waals surface area contributed by atoms with Gasteiger partial charge in [-0.25, -0.2) is 18.1 Å². The third-order valence-corrected chi connectivity index (χ3v) is 8.10. The van der Waals surface area contributed by atoms with Crippen molar-refractivity contribution < 1.29 is 17.9 Å². The van der Waals surface area contributed by atoms with E-state index in [4.69, 9.17) is 4.74 Å². The van der Waals surface area contributed by atoms with E-state index in [1.54, 1.807) is 28.9 Å². The zero-order chi connectivity index (χ0) is 31.3. The molecule has 0 atom stereocenters. The second kappa shape index (κ2) is 11.1. The number of nitrogens with one attached hydrogen (secondary N) is 2. The maximum atomic E-state index is 13.6. The first kappa shape index (κ1) is 30.3. The molecule has 12 heteroatoms. The number of sulfonamides is 1. The summed E-state index contributed by atoms with van der Waals surface area (Å²) < 4.78 is 36.1. The molecule has 0 aliphatic heterocycles. The molecule has 4 aromatic rings. The van der Waals surface area contributed by atoms with Gasteiger partial charge in [0.1, 0.15) is 11.4 Å². The van der Waals surface area contributed by atoms with E-state index < -0.39 is 10.0 Å². The maximum Gasteiger partial charge on any atom is 0.255 e. The van der Waals surface area contributed by atoms with Crippen LogP contribution in [0.4, 0.5) is 11.4 Å². The summed E-state index contributed by atoms with van der Waals surface area (Å²) in [5.41, 5.74) is 5.83. The second-order valence-corrected chi connectivity index (χ2v) is 14.2. The minimum atomic E-state index is -3.60. The van der Waals surface area contributed by atoms with Crippen molar-refractivity contribution in [3.05, 3.63) is 65.2 Å². The summed E-state index contributed by atoms with van der Waals surface area (Å²) in [5.74, 6) is 0.316. The molecule has 43 heavy (non-hydrogen) atoms. The fourth-order valence-corrected chi connectivity index (χ4v) is 5.62. The van der Waals surface area contributed by atoms with Crippen molar-refractivity contribution in [2.45, 2.75) is 71.8 Å². The summed E-state index contributed by atoms with van der Waals surface area (Å²) in [6, 6.07) is 9.17. The van der Waals surface area contributed by atoms with E-state index in [1.807, 2.05) is 46.3 Å². The number of carbonyl (C=O) groups is 1. The van der Waals surface area contributed by atoms with Gasteiger partial charge in [-0.15, -0.1) is 5.10 Å². The standard InChI is InChI=1S/C31H39N7O4S/c1-18(2)37-17-32-27(28(37)20-11-12-20)25-16-38(36-34-25)26-13-21(10-9-19(26)3)30(39)33-23-14-22(31(4,5)6)15-24(29(23)42-7)35-43(8,40)41/h9-10,13-18,20,35H,11-12H2,1-8H3,(H,33,39). The molecule has 5 rings (SSSR count). The van der Waals surface area contributed by atoms with Gasteiger partial charge >= 0.3 is 0 Å².